The number of hydrogen-bond acceptors (Lipinski definition) is 2. The smallest absolute Gasteiger partial charge is 0.234 e. The van der Waals surface area contributed by atoms with Crippen molar-refractivity contribution in [3.63, 3.8) is 0 Å². The van der Waals surface area contributed by atoms with E-state index in [0.717, 1.165) is 12.8 Å². The van der Waals surface area contributed by atoms with E-state index >= 15 is 0 Å². The highest BCUT2D eigenvalue weighted by Crippen LogP contribution is 2.07. The maximum atomic E-state index is 11.7. The van der Waals surface area contributed by atoms with Crippen LogP contribution in [-0.2, 0) is 4.79 Å². The molecule has 2 atom stereocenters. The fourth-order valence-electron chi connectivity index (χ4n) is 1.32. The minimum Gasteiger partial charge on any atom is -0.350 e. The van der Waals surface area contributed by atoms with Gasteiger partial charge in [-0.25, -0.2) is 0 Å². The van der Waals surface area contributed by atoms with Crippen LogP contribution in [0.5, 0.6) is 0 Å². The molecule has 0 aromatic heterocycles. The SMILES string of the molecule is CCC(C)C(C)NCC(=O)NC(C)(C)CC. The summed E-state index contributed by atoms with van der Waals surface area (Å²) in [6, 6.07) is 0.389. The second-order valence-electron chi connectivity index (χ2n) is 5.34. The number of amides is 1. The number of rotatable bonds is 7. The lowest BCUT2D eigenvalue weighted by atomic mass is 10.0. The molecule has 0 bridgehead atoms. The molecule has 3 heteroatoms. The quantitative estimate of drug-likeness (QED) is 0.702. The maximum Gasteiger partial charge on any atom is 0.234 e. The molecule has 0 aliphatic rings. The Morgan fingerprint density at radius 1 is 1.25 bits per heavy atom. The third kappa shape index (κ3) is 6.11. The molecule has 0 heterocycles. The summed E-state index contributed by atoms with van der Waals surface area (Å²) in [4.78, 5) is 11.7. The van der Waals surface area contributed by atoms with Gasteiger partial charge in [0.2, 0.25) is 5.91 Å². The van der Waals surface area contributed by atoms with Crippen LogP contribution in [0.1, 0.15) is 54.4 Å². The van der Waals surface area contributed by atoms with Crippen LogP contribution in [0.25, 0.3) is 0 Å². The average molecular weight is 228 g/mol. The summed E-state index contributed by atoms with van der Waals surface area (Å²) in [6.07, 6.45) is 2.08. The van der Waals surface area contributed by atoms with Crippen molar-refractivity contribution in [1.29, 1.82) is 0 Å². The fourth-order valence-corrected chi connectivity index (χ4v) is 1.32. The van der Waals surface area contributed by atoms with E-state index in [4.69, 9.17) is 0 Å². The molecule has 0 saturated heterocycles. The highest BCUT2D eigenvalue weighted by molar-refractivity contribution is 5.78. The number of nitrogens with one attached hydrogen (secondary N) is 2. The molecule has 0 rings (SSSR count). The fraction of sp³-hybridized carbons (Fsp3) is 0.923. The molecular formula is C13H28N2O. The molecule has 0 aromatic rings. The highest BCUT2D eigenvalue weighted by Gasteiger charge is 2.18. The Labute approximate surface area is 100 Å². The number of hydrogen-bond donors (Lipinski definition) is 2. The van der Waals surface area contributed by atoms with E-state index in [-0.39, 0.29) is 11.4 Å². The van der Waals surface area contributed by atoms with Crippen molar-refractivity contribution in [3.8, 4) is 0 Å². The molecule has 0 aromatic carbocycles. The summed E-state index contributed by atoms with van der Waals surface area (Å²) >= 11 is 0. The molecule has 0 saturated carbocycles. The largest absolute Gasteiger partial charge is 0.350 e. The minimum atomic E-state index is -0.0988. The zero-order valence-corrected chi connectivity index (χ0v) is 11.7. The van der Waals surface area contributed by atoms with Crippen molar-refractivity contribution >= 4 is 5.91 Å². The Hall–Kier alpha value is -0.570. The molecule has 2 unspecified atom stereocenters. The molecule has 2 N–H and O–H groups in total. The summed E-state index contributed by atoms with van der Waals surface area (Å²) in [7, 11) is 0. The lowest BCUT2D eigenvalue weighted by molar-refractivity contribution is -0.122. The molecule has 1 amide bonds. The van der Waals surface area contributed by atoms with Gasteiger partial charge in [0.1, 0.15) is 0 Å². The average Bonchev–Trinajstić information content (AvgIpc) is 2.24. The summed E-state index contributed by atoms with van der Waals surface area (Å²) in [6.45, 7) is 13.1. The van der Waals surface area contributed by atoms with Gasteiger partial charge in [-0.3, -0.25) is 4.79 Å². The summed E-state index contributed by atoms with van der Waals surface area (Å²) in [5, 5.41) is 6.28. The standard InChI is InChI=1S/C13H28N2O/c1-7-10(3)11(4)14-9-12(16)15-13(5,6)8-2/h10-11,14H,7-9H2,1-6H3,(H,15,16). The molecule has 0 radical (unpaired) electrons. The van der Waals surface area contributed by atoms with E-state index in [9.17, 15) is 4.79 Å². The van der Waals surface area contributed by atoms with Gasteiger partial charge in [0.25, 0.3) is 0 Å². The Bertz CT molecular complexity index is 214. The van der Waals surface area contributed by atoms with Gasteiger partial charge in [-0.15, -0.1) is 0 Å². The van der Waals surface area contributed by atoms with E-state index in [1.165, 1.54) is 0 Å². The van der Waals surface area contributed by atoms with Crippen LogP contribution in [-0.4, -0.2) is 24.0 Å². The first kappa shape index (κ1) is 15.4. The van der Waals surface area contributed by atoms with Crippen molar-refractivity contribution in [2.24, 2.45) is 5.92 Å². The van der Waals surface area contributed by atoms with Crippen LogP contribution in [0.15, 0.2) is 0 Å². The van der Waals surface area contributed by atoms with Gasteiger partial charge in [-0.2, -0.15) is 0 Å². The zero-order chi connectivity index (χ0) is 12.8. The Balaban J connectivity index is 3.90. The number of carbonyl (C=O) groups excluding carboxylic acids is 1. The van der Waals surface area contributed by atoms with Crippen molar-refractivity contribution in [2.45, 2.75) is 66.0 Å². The van der Waals surface area contributed by atoms with Crippen LogP contribution in [0.3, 0.4) is 0 Å². The van der Waals surface area contributed by atoms with Crippen LogP contribution in [0.4, 0.5) is 0 Å². The summed E-state index contributed by atoms with van der Waals surface area (Å²) < 4.78 is 0. The Morgan fingerprint density at radius 2 is 1.81 bits per heavy atom. The van der Waals surface area contributed by atoms with Crippen molar-refractivity contribution in [3.05, 3.63) is 0 Å². The van der Waals surface area contributed by atoms with E-state index in [1.54, 1.807) is 0 Å². The number of carbonyl (C=O) groups is 1. The first-order valence-corrected chi connectivity index (χ1v) is 6.36. The van der Waals surface area contributed by atoms with Gasteiger partial charge in [0, 0.05) is 11.6 Å². The summed E-state index contributed by atoms with van der Waals surface area (Å²) in [5.74, 6) is 0.689. The summed E-state index contributed by atoms with van der Waals surface area (Å²) in [5.41, 5.74) is -0.0988. The Kier molecular flexibility index (Phi) is 6.65. The van der Waals surface area contributed by atoms with Gasteiger partial charge >= 0.3 is 0 Å². The third-order valence-corrected chi connectivity index (χ3v) is 3.44. The molecule has 16 heavy (non-hydrogen) atoms. The predicted molar refractivity (Wildman–Crippen MR) is 69.4 cm³/mol. The van der Waals surface area contributed by atoms with Crippen LogP contribution in [0.2, 0.25) is 0 Å². The van der Waals surface area contributed by atoms with E-state index < -0.39 is 0 Å². The lowest BCUT2D eigenvalue weighted by Gasteiger charge is -2.26. The van der Waals surface area contributed by atoms with E-state index in [2.05, 4.69) is 38.3 Å². The van der Waals surface area contributed by atoms with Crippen LogP contribution in [0, 0.1) is 5.92 Å². The topological polar surface area (TPSA) is 41.1 Å². The van der Waals surface area contributed by atoms with Gasteiger partial charge in [-0.1, -0.05) is 27.2 Å². The van der Waals surface area contributed by atoms with Crippen LogP contribution >= 0.6 is 0 Å². The van der Waals surface area contributed by atoms with Crippen molar-refractivity contribution in [1.82, 2.24) is 10.6 Å². The second kappa shape index (κ2) is 6.89. The molecule has 0 spiro atoms. The lowest BCUT2D eigenvalue weighted by Crippen LogP contribution is -2.48. The van der Waals surface area contributed by atoms with Gasteiger partial charge in [0.15, 0.2) is 0 Å². The van der Waals surface area contributed by atoms with Crippen molar-refractivity contribution in [2.75, 3.05) is 6.54 Å². The first-order chi connectivity index (χ1) is 7.32. The first-order valence-electron chi connectivity index (χ1n) is 6.36. The van der Waals surface area contributed by atoms with Crippen LogP contribution < -0.4 is 10.6 Å². The van der Waals surface area contributed by atoms with E-state index in [1.807, 2.05) is 13.8 Å². The monoisotopic (exact) mass is 228 g/mol. The highest BCUT2D eigenvalue weighted by atomic mass is 16.2. The minimum absolute atomic E-state index is 0.0852. The molecule has 96 valence electrons. The second-order valence-corrected chi connectivity index (χ2v) is 5.34. The molecule has 0 aliphatic carbocycles. The van der Waals surface area contributed by atoms with Crippen molar-refractivity contribution < 1.29 is 4.79 Å². The zero-order valence-electron chi connectivity index (χ0n) is 11.7. The molecule has 3 nitrogen and oxygen atoms in total. The molecular weight excluding hydrogens is 200 g/mol. The molecule has 0 aliphatic heterocycles. The Morgan fingerprint density at radius 3 is 2.25 bits per heavy atom. The molecule has 0 fully saturated rings. The third-order valence-electron chi connectivity index (χ3n) is 3.44. The predicted octanol–water partition coefficient (Wildman–Crippen LogP) is 2.32. The maximum absolute atomic E-state index is 11.7. The van der Waals surface area contributed by atoms with Gasteiger partial charge in [0.05, 0.1) is 6.54 Å². The van der Waals surface area contributed by atoms with E-state index in [0.29, 0.717) is 18.5 Å². The van der Waals surface area contributed by atoms with Gasteiger partial charge < -0.3 is 10.6 Å². The normalized spacial score (nSPS) is 15.6. The van der Waals surface area contributed by atoms with Gasteiger partial charge in [-0.05, 0) is 33.1 Å².